The van der Waals surface area contributed by atoms with Crippen molar-refractivity contribution in [1.29, 1.82) is 0 Å². The number of allylic oxidation sites excluding steroid dienone is 1. The number of carbonyl (C=O) groups excluding carboxylic acids is 2. The van der Waals surface area contributed by atoms with Crippen molar-refractivity contribution >= 4 is 40.6 Å². The van der Waals surface area contributed by atoms with E-state index in [1.165, 1.54) is 11.8 Å². The summed E-state index contributed by atoms with van der Waals surface area (Å²) in [5, 5.41) is 0.513. The molecule has 0 bridgehead atoms. The molecule has 0 spiro atoms. The maximum atomic E-state index is 13.1. The topological polar surface area (TPSA) is 59.0 Å². The summed E-state index contributed by atoms with van der Waals surface area (Å²) in [6, 6.07) is 7.50. The predicted molar refractivity (Wildman–Crippen MR) is 115 cm³/mol. The highest BCUT2D eigenvalue weighted by Gasteiger charge is 2.47. The summed E-state index contributed by atoms with van der Waals surface area (Å²) < 4.78 is 5.53. The SMILES string of the molecule is CC[C@H]1SC2=NC(C)=C(C(=O)OCC(C)C)[C@@H](c3ccc(SC)cc3)N2C1=O. The molecule has 1 aromatic carbocycles. The first kappa shape index (κ1) is 21.0. The van der Waals surface area contributed by atoms with Gasteiger partial charge in [0.05, 0.1) is 29.2 Å². The average Bonchev–Trinajstić information content (AvgIpc) is 3.00. The average molecular weight is 419 g/mol. The van der Waals surface area contributed by atoms with Crippen molar-refractivity contribution < 1.29 is 14.3 Å². The Hall–Kier alpha value is -1.73. The first-order chi connectivity index (χ1) is 13.4. The van der Waals surface area contributed by atoms with E-state index < -0.39 is 12.0 Å². The first-order valence-corrected chi connectivity index (χ1v) is 11.6. The Morgan fingerprint density at radius 1 is 1.32 bits per heavy atom. The summed E-state index contributed by atoms with van der Waals surface area (Å²) in [7, 11) is 0. The summed E-state index contributed by atoms with van der Waals surface area (Å²) in [5.41, 5.74) is 1.97. The van der Waals surface area contributed by atoms with E-state index in [-0.39, 0.29) is 17.1 Å². The van der Waals surface area contributed by atoms with Crippen molar-refractivity contribution in [3.05, 3.63) is 41.1 Å². The molecular formula is C21H26N2O3S2. The fourth-order valence-electron chi connectivity index (χ4n) is 3.27. The molecule has 5 nitrogen and oxygen atoms in total. The van der Waals surface area contributed by atoms with E-state index >= 15 is 0 Å². The zero-order chi connectivity index (χ0) is 20.4. The van der Waals surface area contributed by atoms with E-state index in [1.807, 2.05) is 58.2 Å². The van der Waals surface area contributed by atoms with E-state index in [1.54, 1.807) is 16.7 Å². The second kappa shape index (κ2) is 8.74. The Kier molecular flexibility index (Phi) is 6.55. The third-order valence-electron chi connectivity index (χ3n) is 4.72. The van der Waals surface area contributed by atoms with Gasteiger partial charge in [0.25, 0.3) is 0 Å². The van der Waals surface area contributed by atoms with Crippen LogP contribution in [0.5, 0.6) is 0 Å². The van der Waals surface area contributed by atoms with Crippen molar-refractivity contribution in [3.63, 3.8) is 0 Å². The lowest BCUT2D eigenvalue weighted by Crippen LogP contribution is -2.40. The molecule has 2 aliphatic rings. The minimum absolute atomic E-state index is 0.00635. The summed E-state index contributed by atoms with van der Waals surface area (Å²) in [6.45, 7) is 8.15. The smallest absolute Gasteiger partial charge is 0.338 e. The number of esters is 1. The Balaban J connectivity index is 2.05. The van der Waals surface area contributed by atoms with Crippen LogP contribution in [0.15, 0.2) is 45.4 Å². The summed E-state index contributed by atoms with van der Waals surface area (Å²) in [4.78, 5) is 33.4. The third-order valence-corrected chi connectivity index (χ3v) is 6.78. The minimum atomic E-state index is -0.500. The fraction of sp³-hybridized carbons (Fsp3) is 0.476. The fourth-order valence-corrected chi connectivity index (χ4v) is 4.81. The molecule has 1 fully saturated rings. The highest BCUT2D eigenvalue weighted by molar-refractivity contribution is 8.15. The molecule has 2 atom stereocenters. The van der Waals surface area contributed by atoms with E-state index in [4.69, 9.17) is 4.74 Å². The van der Waals surface area contributed by atoms with Crippen LogP contribution >= 0.6 is 23.5 Å². The van der Waals surface area contributed by atoms with Gasteiger partial charge in [0.1, 0.15) is 0 Å². The van der Waals surface area contributed by atoms with Crippen LogP contribution in [0, 0.1) is 5.92 Å². The first-order valence-electron chi connectivity index (χ1n) is 9.47. The third kappa shape index (κ3) is 4.01. The van der Waals surface area contributed by atoms with Crippen molar-refractivity contribution in [2.75, 3.05) is 12.9 Å². The van der Waals surface area contributed by atoms with Crippen LogP contribution in [-0.2, 0) is 14.3 Å². The molecule has 0 unspecified atom stereocenters. The van der Waals surface area contributed by atoms with Gasteiger partial charge in [-0.25, -0.2) is 9.79 Å². The van der Waals surface area contributed by atoms with Crippen LogP contribution in [0.1, 0.15) is 45.7 Å². The molecule has 1 amide bonds. The molecule has 2 heterocycles. The molecule has 150 valence electrons. The van der Waals surface area contributed by atoms with E-state index in [0.717, 1.165) is 16.9 Å². The van der Waals surface area contributed by atoms with Gasteiger partial charge in [-0.05, 0) is 43.2 Å². The molecular weight excluding hydrogens is 392 g/mol. The monoisotopic (exact) mass is 418 g/mol. The van der Waals surface area contributed by atoms with Crippen molar-refractivity contribution in [1.82, 2.24) is 4.90 Å². The minimum Gasteiger partial charge on any atom is -0.462 e. The zero-order valence-electron chi connectivity index (χ0n) is 16.9. The van der Waals surface area contributed by atoms with Gasteiger partial charge >= 0.3 is 5.97 Å². The molecule has 28 heavy (non-hydrogen) atoms. The van der Waals surface area contributed by atoms with Crippen LogP contribution < -0.4 is 0 Å². The number of benzene rings is 1. The quantitative estimate of drug-likeness (QED) is 0.497. The van der Waals surface area contributed by atoms with Gasteiger partial charge in [0.2, 0.25) is 5.91 Å². The summed E-state index contributed by atoms with van der Waals surface area (Å²) >= 11 is 3.14. The molecule has 0 radical (unpaired) electrons. The molecule has 7 heteroatoms. The second-order valence-electron chi connectivity index (χ2n) is 7.28. The van der Waals surface area contributed by atoms with Gasteiger partial charge in [0.15, 0.2) is 5.17 Å². The van der Waals surface area contributed by atoms with Crippen LogP contribution in [-0.4, -0.2) is 40.1 Å². The largest absolute Gasteiger partial charge is 0.462 e. The number of rotatable bonds is 6. The number of fused-ring (bicyclic) bond motifs is 1. The van der Waals surface area contributed by atoms with E-state index in [0.29, 0.717) is 23.0 Å². The normalized spacial score (nSPS) is 21.9. The summed E-state index contributed by atoms with van der Waals surface area (Å²) in [5.74, 6) is -0.155. The molecule has 1 aromatic rings. The van der Waals surface area contributed by atoms with Gasteiger partial charge in [-0.1, -0.05) is 44.7 Å². The Bertz CT molecular complexity index is 831. The van der Waals surface area contributed by atoms with Crippen molar-refractivity contribution in [3.8, 4) is 0 Å². The maximum absolute atomic E-state index is 13.1. The van der Waals surface area contributed by atoms with Gasteiger partial charge < -0.3 is 4.74 Å². The van der Waals surface area contributed by atoms with Crippen LogP contribution in [0.3, 0.4) is 0 Å². The van der Waals surface area contributed by atoms with Crippen molar-refractivity contribution in [2.24, 2.45) is 10.9 Å². The lowest BCUT2D eigenvalue weighted by Gasteiger charge is -2.33. The van der Waals surface area contributed by atoms with Crippen LogP contribution in [0.4, 0.5) is 0 Å². The number of hydrogen-bond acceptors (Lipinski definition) is 6. The van der Waals surface area contributed by atoms with Gasteiger partial charge in [-0.3, -0.25) is 9.69 Å². The zero-order valence-corrected chi connectivity index (χ0v) is 18.5. The Morgan fingerprint density at radius 3 is 2.57 bits per heavy atom. The lowest BCUT2D eigenvalue weighted by atomic mass is 9.94. The van der Waals surface area contributed by atoms with Gasteiger partial charge in [0, 0.05) is 4.90 Å². The van der Waals surface area contributed by atoms with Gasteiger partial charge in [-0.15, -0.1) is 11.8 Å². The second-order valence-corrected chi connectivity index (χ2v) is 9.33. The molecule has 2 aliphatic heterocycles. The number of carbonyl (C=O) groups is 2. The Labute approximate surface area is 175 Å². The number of thioether (sulfide) groups is 2. The molecule has 1 saturated heterocycles. The maximum Gasteiger partial charge on any atom is 0.338 e. The lowest BCUT2D eigenvalue weighted by molar-refractivity contribution is -0.141. The number of ether oxygens (including phenoxy) is 1. The van der Waals surface area contributed by atoms with Gasteiger partial charge in [-0.2, -0.15) is 0 Å². The number of hydrogen-bond donors (Lipinski definition) is 0. The molecule has 0 aliphatic carbocycles. The number of amides is 1. The van der Waals surface area contributed by atoms with E-state index in [9.17, 15) is 9.59 Å². The standard InChI is InChI=1S/C21H26N2O3S2/c1-6-16-19(24)23-18(14-7-9-15(27-5)10-8-14)17(13(4)22-21(23)28-16)20(25)26-11-12(2)3/h7-10,12,16,18H,6,11H2,1-5H3/t16-,18-/m1/s1. The number of aliphatic imine (C=N–C) groups is 1. The van der Waals surface area contributed by atoms with Crippen LogP contribution in [0.25, 0.3) is 0 Å². The summed E-state index contributed by atoms with van der Waals surface area (Å²) in [6.07, 6.45) is 2.74. The highest BCUT2D eigenvalue weighted by atomic mass is 32.2. The van der Waals surface area contributed by atoms with E-state index in [2.05, 4.69) is 4.99 Å². The number of amidine groups is 1. The van der Waals surface area contributed by atoms with Crippen molar-refractivity contribution in [2.45, 2.75) is 50.3 Å². The molecule has 0 aromatic heterocycles. The number of nitrogens with zero attached hydrogens (tertiary/aromatic N) is 2. The highest BCUT2D eigenvalue weighted by Crippen LogP contribution is 2.44. The predicted octanol–water partition coefficient (Wildman–Crippen LogP) is 4.65. The molecule has 3 rings (SSSR count). The van der Waals surface area contributed by atoms with Crippen LogP contribution in [0.2, 0.25) is 0 Å². The molecule has 0 N–H and O–H groups in total. The molecule has 0 saturated carbocycles. The Morgan fingerprint density at radius 2 is 2.00 bits per heavy atom.